The number of rotatable bonds is 4. The molecule has 32 heavy (non-hydrogen) atoms. The van der Waals surface area contributed by atoms with E-state index in [1.165, 1.54) is 18.5 Å². The van der Waals surface area contributed by atoms with Crippen LogP contribution in [0.25, 0.3) is 11.6 Å². The molecule has 2 fully saturated rings. The van der Waals surface area contributed by atoms with Gasteiger partial charge >= 0.3 is 6.18 Å². The highest BCUT2D eigenvalue weighted by atomic mass is 19.4. The zero-order valence-corrected chi connectivity index (χ0v) is 17.1. The fourth-order valence-corrected chi connectivity index (χ4v) is 4.64. The standard InChI is InChI=1S/C22H20F3N5O2/c1-12-2-4-15(19(28-12)20-26-6-7-32-20)21(31)30-11-13-8-16(17(30)9-13)29-18-5-3-14(10-27-18)22(23,24)25/h2-7,10,13,16-17H,8-9,11H2,1H3,(H,27,29)/t13-,16-,17+/m1/s1. The van der Waals surface area contributed by atoms with Gasteiger partial charge in [-0.15, -0.1) is 0 Å². The zero-order chi connectivity index (χ0) is 22.5. The first kappa shape index (κ1) is 20.5. The minimum Gasteiger partial charge on any atom is -0.443 e. The first-order valence-electron chi connectivity index (χ1n) is 10.3. The van der Waals surface area contributed by atoms with E-state index in [0.29, 0.717) is 29.5 Å². The quantitative estimate of drug-likeness (QED) is 0.652. The Kier molecular flexibility index (Phi) is 4.87. The number of aromatic nitrogens is 3. The molecule has 166 valence electrons. The van der Waals surface area contributed by atoms with Crippen LogP contribution in [0.1, 0.15) is 34.5 Å². The van der Waals surface area contributed by atoms with Crippen LogP contribution < -0.4 is 5.32 Å². The lowest BCUT2D eigenvalue weighted by molar-refractivity contribution is -0.137. The third kappa shape index (κ3) is 3.69. The Balaban J connectivity index is 1.36. The lowest BCUT2D eigenvalue weighted by atomic mass is 10.0. The van der Waals surface area contributed by atoms with E-state index in [4.69, 9.17) is 4.42 Å². The van der Waals surface area contributed by atoms with Crippen molar-refractivity contribution in [1.82, 2.24) is 19.9 Å². The number of anilines is 1. The van der Waals surface area contributed by atoms with Crippen molar-refractivity contribution in [3.8, 4) is 11.6 Å². The smallest absolute Gasteiger partial charge is 0.417 e. The lowest BCUT2D eigenvalue weighted by Crippen LogP contribution is -2.48. The van der Waals surface area contributed by atoms with Crippen LogP contribution in [0.5, 0.6) is 0 Å². The molecule has 5 rings (SSSR count). The highest BCUT2D eigenvalue weighted by molar-refractivity contribution is 5.99. The predicted octanol–water partition coefficient (Wildman–Crippen LogP) is 4.17. The Morgan fingerprint density at radius 2 is 2.03 bits per heavy atom. The van der Waals surface area contributed by atoms with E-state index in [0.717, 1.165) is 30.8 Å². The van der Waals surface area contributed by atoms with Crippen molar-refractivity contribution >= 4 is 11.7 Å². The molecule has 4 heterocycles. The summed E-state index contributed by atoms with van der Waals surface area (Å²) in [6.07, 6.45) is 0.987. The molecule has 1 saturated heterocycles. The molecule has 0 spiro atoms. The Bertz CT molecular complexity index is 1130. The summed E-state index contributed by atoms with van der Waals surface area (Å²) in [5.41, 5.74) is 0.762. The van der Waals surface area contributed by atoms with Gasteiger partial charge < -0.3 is 14.6 Å². The van der Waals surface area contributed by atoms with E-state index in [2.05, 4.69) is 20.3 Å². The minimum absolute atomic E-state index is 0.0877. The summed E-state index contributed by atoms with van der Waals surface area (Å²) < 4.78 is 43.7. The van der Waals surface area contributed by atoms with E-state index < -0.39 is 11.7 Å². The number of likely N-dealkylation sites (tertiary alicyclic amines) is 1. The van der Waals surface area contributed by atoms with Crippen LogP contribution in [-0.4, -0.2) is 44.4 Å². The van der Waals surface area contributed by atoms with Gasteiger partial charge in [-0.05, 0) is 49.9 Å². The van der Waals surface area contributed by atoms with Gasteiger partial charge in [-0.2, -0.15) is 13.2 Å². The molecule has 2 aliphatic rings. The third-order valence-corrected chi connectivity index (χ3v) is 6.07. The molecular formula is C22H20F3N5O2. The van der Waals surface area contributed by atoms with Crippen molar-refractivity contribution in [1.29, 1.82) is 0 Å². The number of hydrogen-bond acceptors (Lipinski definition) is 6. The van der Waals surface area contributed by atoms with E-state index in [1.807, 2.05) is 11.8 Å². The van der Waals surface area contributed by atoms with Gasteiger partial charge in [0.2, 0.25) is 5.89 Å². The second kappa shape index (κ2) is 7.61. The van der Waals surface area contributed by atoms with Crippen molar-refractivity contribution < 1.29 is 22.4 Å². The van der Waals surface area contributed by atoms with Crippen LogP contribution in [-0.2, 0) is 6.18 Å². The monoisotopic (exact) mass is 443 g/mol. The van der Waals surface area contributed by atoms with Gasteiger partial charge in [0.15, 0.2) is 0 Å². The van der Waals surface area contributed by atoms with Crippen molar-refractivity contribution in [2.45, 2.75) is 38.0 Å². The number of carbonyl (C=O) groups excluding carboxylic acids is 1. The second-order valence-corrected chi connectivity index (χ2v) is 8.23. The molecule has 10 heteroatoms. The normalized spacial score (nSPS) is 22.4. The number of piperidine rings is 1. The summed E-state index contributed by atoms with van der Waals surface area (Å²) >= 11 is 0. The largest absolute Gasteiger partial charge is 0.443 e. The average Bonchev–Trinajstić information content (AvgIpc) is 3.50. The summed E-state index contributed by atoms with van der Waals surface area (Å²) in [6, 6.07) is 5.66. The summed E-state index contributed by atoms with van der Waals surface area (Å²) in [6.45, 7) is 2.45. The number of nitrogens with one attached hydrogen (secondary N) is 1. The van der Waals surface area contributed by atoms with Crippen molar-refractivity contribution in [2.24, 2.45) is 5.92 Å². The molecule has 1 N–H and O–H groups in total. The molecule has 1 aliphatic heterocycles. The maximum absolute atomic E-state index is 13.5. The number of alkyl halides is 3. The molecule has 1 aliphatic carbocycles. The van der Waals surface area contributed by atoms with E-state index in [9.17, 15) is 18.0 Å². The fraction of sp³-hybridized carbons (Fsp3) is 0.364. The van der Waals surface area contributed by atoms with Crippen LogP contribution in [0.2, 0.25) is 0 Å². The first-order chi connectivity index (χ1) is 15.3. The summed E-state index contributed by atoms with van der Waals surface area (Å²) in [5.74, 6) is 0.801. The number of hydrogen-bond donors (Lipinski definition) is 1. The van der Waals surface area contributed by atoms with Gasteiger partial charge in [0.05, 0.1) is 23.4 Å². The number of amides is 1. The number of pyridine rings is 2. The third-order valence-electron chi connectivity index (χ3n) is 6.07. The average molecular weight is 443 g/mol. The Hall–Kier alpha value is -3.43. The molecule has 3 aromatic heterocycles. The predicted molar refractivity (Wildman–Crippen MR) is 109 cm³/mol. The molecule has 1 saturated carbocycles. The van der Waals surface area contributed by atoms with Crippen molar-refractivity contribution in [3.63, 3.8) is 0 Å². The number of oxazole rings is 1. The molecule has 2 bridgehead atoms. The molecule has 1 amide bonds. The highest BCUT2D eigenvalue weighted by Gasteiger charge is 2.47. The van der Waals surface area contributed by atoms with Gasteiger partial charge in [0.1, 0.15) is 17.8 Å². The van der Waals surface area contributed by atoms with E-state index >= 15 is 0 Å². The maximum Gasteiger partial charge on any atom is 0.417 e. The Morgan fingerprint density at radius 3 is 2.69 bits per heavy atom. The van der Waals surface area contributed by atoms with Crippen LogP contribution >= 0.6 is 0 Å². The van der Waals surface area contributed by atoms with Crippen LogP contribution in [0.4, 0.5) is 19.0 Å². The van der Waals surface area contributed by atoms with Crippen LogP contribution in [0.15, 0.2) is 47.3 Å². The van der Waals surface area contributed by atoms with Gasteiger partial charge in [-0.25, -0.2) is 15.0 Å². The number of carbonyl (C=O) groups is 1. The van der Waals surface area contributed by atoms with Crippen LogP contribution in [0, 0.1) is 12.8 Å². The highest BCUT2D eigenvalue weighted by Crippen LogP contribution is 2.40. The number of aryl methyl sites for hydroxylation is 1. The Morgan fingerprint density at radius 1 is 1.19 bits per heavy atom. The first-order valence-corrected chi connectivity index (χ1v) is 10.3. The molecule has 0 radical (unpaired) electrons. The lowest BCUT2D eigenvalue weighted by Gasteiger charge is -2.34. The van der Waals surface area contributed by atoms with E-state index in [-0.39, 0.29) is 23.9 Å². The number of halogens is 3. The van der Waals surface area contributed by atoms with Gasteiger partial charge in [-0.3, -0.25) is 4.79 Å². The number of nitrogens with zero attached hydrogens (tertiary/aromatic N) is 4. The second-order valence-electron chi connectivity index (χ2n) is 8.23. The molecular weight excluding hydrogens is 423 g/mol. The SMILES string of the molecule is Cc1ccc(C(=O)N2C[C@@H]3C[C@@H](Nc4ccc(C(F)(F)F)cn4)[C@@H]2C3)c(-c2ncco2)n1. The molecule has 0 aromatic carbocycles. The van der Waals surface area contributed by atoms with Crippen molar-refractivity contribution in [3.05, 3.63) is 59.7 Å². The molecule has 7 nitrogen and oxygen atoms in total. The van der Waals surface area contributed by atoms with Gasteiger partial charge in [0.25, 0.3) is 5.91 Å². The molecule has 3 aromatic rings. The summed E-state index contributed by atoms with van der Waals surface area (Å²) in [4.78, 5) is 27.8. The topological polar surface area (TPSA) is 84.2 Å². The number of fused-ring (bicyclic) bond motifs is 2. The summed E-state index contributed by atoms with van der Waals surface area (Å²) in [5, 5.41) is 3.22. The van der Waals surface area contributed by atoms with Crippen LogP contribution in [0.3, 0.4) is 0 Å². The van der Waals surface area contributed by atoms with Gasteiger partial charge in [0, 0.05) is 24.5 Å². The summed E-state index contributed by atoms with van der Waals surface area (Å²) in [7, 11) is 0. The van der Waals surface area contributed by atoms with Crippen molar-refractivity contribution in [2.75, 3.05) is 11.9 Å². The fourth-order valence-electron chi connectivity index (χ4n) is 4.64. The van der Waals surface area contributed by atoms with E-state index in [1.54, 1.807) is 12.1 Å². The molecule has 3 atom stereocenters. The maximum atomic E-state index is 13.5. The minimum atomic E-state index is -4.43. The molecule has 0 unspecified atom stereocenters. The van der Waals surface area contributed by atoms with Gasteiger partial charge in [-0.1, -0.05) is 0 Å². The zero-order valence-electron chi connectivity index (χ0n) is 17.1. The Labute approximate surface area is 181 Å².